The number of hydrogen-bond acceptors (Lipinski definition) is 5. The molecular weight excluding hydrogens is 428 g/mol. The predicted molar refractivity (Wildman–Crippen MR) is 131 cm³/mol. The Labute approximate surface area is 198 Å². The molecule has 0 aliphatic carbocycles. The standard InChI is InChI=1S/C27H28N4O3/c1-17(2)31-26-22(14-28-31)21(13-23(29-26)20-10-6-5-9-18(20)3)27(32)30(4)15-19-16-33-24-11-7-8-12-25(24)34-19/h5-14,17,19H,15-16H2,1-4H3/t19-/m0/s1. The molecule has 2 aromatic heterocycles. The van der Waals surface area contributed by atoms with Crippen molar-refractivity contribution in [2.24, 2.45) is 0 Å². The largest absolute Gasteiger partial charge is 0.486 e. The van der Waals surface area contributed by atoms with Crippen LogP contribution in [0.5, 0.6) is 11.5 Å². The zero-order chi connectivity index (χ0) is 23.8. The molecule has 1 aliphatic rings. The Hall–Kier alpha value is -3.87. The molecule has 0 spiro atoms. The molecule has 0 bridgehead atoms. The SMILES string of the molecule is Cc1ccccc1-c1cc(C(=O)N(C)C[C@H]2COc3ccccc3O2)c2cnn(C(C)C)c2n1. The average Bonchev–Trinajstić information content (AvgIpc) is 3.27. The number of nitrogens with zero attached hydrogens (tertiary/aromatic N) is 4. The second kappa shape index (κ2) is 8.82. The van der Waals surface area contributed by atoms with E-state index in [-0.39, 0.29) is 18.1 Å². The van der Waals surface area contributed by atoms with Crippen LogP contribution in [0.1, 0.15) is 35.8 Å². The smallest absolute Gasteiger partial charge is 0.254 e. The molecule has 1 amide bonds. The summed E-state index contributed by atoms with van der Waals surface area (Å²) < 4.78 is 13.8. The third kappa shape index (κ3) is 3.98. The number of carbonyl (C=O) groups is 1. The molecule has 1 atom stereocenters. The topological polar surface area (TPSA) is 69.5 Å². The second-order valence-corrected chi connectivity index (χ2v) is 8.97. The number of hydrogen-bond donors (Lipinski definition) is 0. The molecule has 34 heavy (non-hydrogen) atoms. The summed E-state index contributed by atoms with van der Waals surface area (Å²) in [6, 6.07) is 17.6. The fourth-order valence-electron chi connectivity index (χ4n) is 4.32. The normalized spacial score (nSPS) is 15.0. The minimum Gasteiger partial charge on any atom is -0.486 e. The van der Waals surface area contributed by atoms with Crippen molar-refractivity contribution < 1.29 is 14.3 Å². The van der Waals surface area contributed by atoms with Gasteiger partial charge in [0.1, 0.15) is 6.61 Å². The van der Waals surface area contributed by atoms with Gasteiger partial charge in [-0.25, -0.2) is 9.67 Å². The van der Waals surface area contributed by atoms with E-state index < -0.39 is 0 Å². The Morgan fingerprint density at radius 3 is 2.65 bits per heavy atom. The van der Waals surface area contributed by atoms with Gasteiger partial charge in [0.05, 0.1) is 29.4 Å². The van der Waals surface area contributed by atoms with Crippen molar-refractivity contribution in [2.75, 3.05) is 20.2 Å². The summed E-state index contributed by atoms with van der Waals surface area (Å²) in [5.41, 5.74) is 4.14. The van der Waals surface area contributed by atoms with E-state index in [1.54, 1.807) is 18.1 Å². The zero-order valence-electron chi connectivity index (χ0n) is 19.9. The number of aryl methyl sites for hydroxylation is 1. The molecule has 4 aromatic rings. The maximum atomic E-state index is 13.7. The molecule has 0 fully saturated rings. The molecule has 174 valence electrons. The van der Waals surface area contributed by atoms with E-state index in [4.69, 9.17) is 14.5 Å². The molecular formula is C27H28N4O3. The van der Waals surface area contributed by atoms with Crippen LogP contribution < -0.4 is 9.47 Å². The van der Waals surface area contributed by atoms with Gasteiger partial charge in [-0.3, -0.25) is 4.79 Å². The van der Waals surface area contributed by atoms with Gasteiger partial charge in [-0.1, -0.05) is 36.4 Å². The first-order valence-electron chi connectivity index (χ1n) is 11.5. The molecule has 7 heteroatoms. The number of carbonyl (C=O) groups excluding carboxylic acids is 1. The maximum Gasteiger partial charge on any atom is 0.254 e. The van der Waals surface area contributed by atoms with Crippen LogP contribution in [0.2, 0.25) is 0 Å². The van der Waals surface area contributed by atoms with Gasteiger partial charge >= 0.3 is 0 Å². The molecule has 3 heterocycles. The summed E-state index contributed by atoms with van der Waals surface area (Å²) in [6.07, 6.45) is 1.48. The summed E-state index contributed by atoms with van der Waals surface area (Å²) in [5, 5.41) is 5.28. The molecule has 7 nitrogen and oxygen atoms in total. The number of rotatable bonds is 5. The third-order valence-electron chi connectivity index (χ3n) is 6.10. The summed E-state index contributed by atoms with van der Waals surface area (Å²) in [7, 11) is 1.79. The highest BCUT2D eigenvalue weighted by Crippen LogP contribution is 2.32. The highest BCUT2D eigenvalue weighted by atomic mass is 16.6. The Balaban J connectivity index is 1.49. The van der Waals surface area contributed by atoms with E-state index in [0.717, 1.165) is 28.0 Å². The quantitative estimate of drug-likeness (QED) is 0.427. The van der Waals surface area contributed by atoms with Crippen LogP contribution in [0.15, 0.2) is 60.8 Å². The summed E-state index contributed by atoms with van der Waals surface area (Å²) in [4.78, 5) is 20.3. The monoisotopic (exact) mass is 456 g/mol. The fourth-order valence-corrected chi connectivity index (χ4v) is 4.32. The van der Waals surface area contributed by atoms with E-state index in [1.807, 2.05) is 66.2 Å². The zero-order valence-corrected chi connectivity index (χ0v) is 19.9. The lowest BCUT2D eigenvalue weighted by atomic mass is 10.0. The molecule has 0 saturated carbocycles. The predicted octanol–water partition coefficient (Wildman–Crippen LogP) is 4.90. The Morgan fingerprint density at radius 2 is 1.88 bits per heavy atom. The number of para-hydroxylation sites is 2. The van der Waals surface area contributed by atoms with Gasteiger partial charge in [-0.15, -0.1) is 0 Å². The minimum atomic E-state index is -0.254. The Kier molecular flexibility index (Phi) is 5.69. The van der Waals surface area contributed by atoms with Gasteiger partial charge in [-0.05, 0) is 44.5 Å². The van der Waals surface area contributed by atoms with E-state index in [9.17, 15) is 4.79 Å². The van der Waals surface area contributed by atoms with Crippen molar-refractivity contribution in [3.05, 3.63) is 71.9 Å². The van der Waals surface area contributed by atoms with Crippen molar-refractivity contribution in [1.82, 2.24) is 19.7 Å². The average molecular weight is 457 g/mol. The lowest BCUT2D eigenvalue weighted by Crippen LogP contribution is -2.41. The molecule has 1 aliphatic heterocycles. The number of amides is 1. The van der Waals surface area contributed by atoms with Crippen LogP contribution in [0.25, 0.3) is 22.3 Å². The second-order valence-electron chi connectivity index (χ2n) is 8.97. The van der Waals surface area contributed by atoms with Crippen LogP contribution in [0, 0.1) is 6.92 Å². The van der Waals surface area contributed by atoms with Crippen LogP contribution >= 0.6 is 0 Å². The number of benzene rings is 2. The van der Waals surface area contributed by atoms with Crippen molar-refractivity contribution >= 4 is 16.9 Å². The van der Waals surface area contributed by atoms with Crippen molar-refractivity contribution in [3.63, 3.8) is 0 Å². The highest BCUT2D eigenvalue weighted by molar-refractivity contribution is 6.06. The molecule has 0 N–H and O–H groups in total. The summed E-state index contributed by atoms with van der Waals surface area (Å²) >= 11 is 0. The fraction of sp³-hybridized carbons (Fsp3) is 0.296. The first kappa shape index (κ1) is 21.9. The van der Waals surface area contributed by atoms with E-state index in [1.165, 1.54) is 0 Å². The number of ether oxygens (including phenoxy) is 2. The first-order valence-corrected chi connectivity index (χ1v) is 11.5. The van der Waals surface area contributed by atoms with E-state index in [0.29, 0.717) is 30.1 Å². The van der Waals surface area contributed by atoms with Crippen LogP contribution in [0.4, 0.5) is 0 Å². The van der Waals surface area contributed by atoms with Gasteiger partial charge < -0.3 is 14.4 Å². The third-order valence-corrected chi connectivity index (χ3v) is 6.10. The van der Waals surface area contributed by atoms with Gasteiger partial charge in [0, 0.05) is 18.7 Å². The molecule has 2 aromatic carbocycles. The Bertz CT molecular complexity index is 1360. The van der Waals surface area contributed by atoms with Crippen LogP contribution in [-0.4, -0.2) is 51.9 Å². The van der Waals surface area contributed by atoms with Crippen LogP contribution in [-0.2, 0) is 0 Å². The lowest BCUT2D eigenvalue weighted by molar-refractivity contribution is 0.0522. The van der Waals surface area contributed by atoms with Crippen molar-refractivity contribution in [1.29, 1.82) is 0 Å². The lowest BCUT2D eigenvalue weighted by Gasteiger charge is -2.29. The summed E-state index contributed by atoms with van der Waals surface area (Å²) in [5.74, 6) is 1.33. The summed E-state index contributed by atoms with van der Waals surface area (Å²) in [6.45, 7) is 6.95. The van der Waals surface area contributed by atoms with Gasteiger partial charge in [0.25, 0.3) is 5.91 Å². The van der Waals surface area contributed by atoms with Gasteiger partial charge in [0.15, 0.2) is 23.3 Å². The van der Waals surface area contributed by atoms with Gasteiger partial charge in [0.2, 0.25) is 0 Å². The highest BCUT2D eigenvalue weighted by Gasteiger charge is 2.26. The molecule has 5 rings (SSSR count). The van der Waals surface area contributed by atoms with E-state index >= 15 is 0 Å². The van der Waals surface area contributed by atoms with Crippen molar-refractivity contribution in [3.8, 4) is 22.8 Å². The first-order chi connectivity index (χ1) is 16.4. The maximum absolute atomic E-state index is 13.7. The number of pyridine rings is 1. The van der Waals surface area contributed by atoms with Gasteiger partial charge in [-0.2, -0.15) is 5.10 Å². The number of likely N-dealkylation sites (N-methyl/N-ethyl adjacent to an activating group) is 1. The molecule has 0 radical (unpaired) electrons. The number of fused-ring (bicyclic) bond motifs is 2. The van der Waals surface area contributed by atoms with Crippen LogP contribution in [0.3, 0.4) is 0 Å². The molecule has 0 saturated heterocycles. The van der Waals surface area contributed by atoms with E-state index in [2.05, 4.69) is 18.9 Å². The Morgan fingerprint density at radius 1 is 1.15 bits per heavy atom. The molecule has 0 unspecified atom stereocenters. The minimum absolute atomic E-state index is 0.104. The number of aromatic nitrogens is 3. The van der Waals surface area contributed by atoms with Crippen molar-refractivity contribution in [2.45, 2.75) is 32.9 Å².